The van der Waals surface area contributed by atoms with E-state index in [2.05, 4.69) is 62.4 Å². The summed E-state index contributed by atoms with van der Waals surface area (Å²) in [6.45, 7) is 8.58. The maximum Gasteiger partial charge on any atom is 0.191 e. The van der Waals surface area contributed by atoms with E-state index in [1.165, 1.54) is 5.52 Å². The Morgan fingerprint density at radius 2 is 1.97 bits per heavy atom. The zero-order valence-electron chi connectivity index (χ0n) is 17.8. The number of hydrogen-bond donors (Lipinski definition) is 2. The van der Waals surface area contributed by atoms with Crippen LogP contribution < -0.4 is 15.4 Å². The second-order valence-corrected chi connectivity index (χ2v) is 7.32. The first kappa shape index (κ1) is 20.7. The predicted molar refractivity (Wildman–Crippen MR) is 119 cm³/mol. The van der Waals surface area contributed by atoms with Crippen molar-refractivity contribution in [3.63, 3.8) is 0 Å². The minimum atomic E-state index is 0.170. The summed E-state index contributed by atoms with van der Waals surface area (Å²) in [5.41, 5.74) is 3.40. The van der Waals surface area contributed by atoms with Gasteiger partial charge in [0.2, 0.25) is 0 Å². The van der Waals surface area contributed by atoms with Gasteiger partial charge in [0.15, 0.2) is 5.96 Å². The van der Waals surface area contributed by atoms with Crippen LogP contribution >= 0.6 is 0 Å². The third-order valence-electron chi connectivity index (χ3n) is 4.65. The molecule has 0 unspecified atom stereocenters. The molecule has 0 aliphatic carbocycles. The smallest absolute Gasteiger partial charge is 0.191 e. The Bertz CT molecular complexity index is 961. The fraction of sp³-hybridized carbons (Fsp3) is 0.391. The zero-order valence-corrected chi connectivity index (χ0v) is 17.8. The van der Waals surface area contributed by atoms with Crippen molar-refractivity contribution >= 4 is 17.0 Å². The highest BCUT2D eigenvalue weighted by atomic mass is 16.5. The lowest BCUT2D eigenvalue weighted by atomic mass is 10.2. The topological polar surface area (TPSA) is 63.5 Å². The van der Waals surface area contributed by atoms with E-state index in [1.54, 1.807) is 7.05 Å². The van der Waals surface area contributed by atoms with E-state index in [0.717, 1.165) is 48.1 Å². The second-order valence-electron chi connectivity index (χ2n) is 7.32. The summed E-state index contributed by atoms with van der Waals surface area (Å²) in [4.78, 5) is 8.95. The fourth-order valence-electron chi connectivity index (χ4n) is 3.33. The van der Waals surface area contributed by atoms with Gasteiger partial charge in [-0.05, 0) is 57.0 Å². The molecule has 1 aromatic heterocycles. The molecule has 0 radical (unpaired) electrons. The van der Waals surface area contributed by atoms with Crippen LogP contribution in [0.25, 0.3) is 11.0 Å². The van der Waals surface area contributed by atoms with Crippen molar-refractivity contribution in [2.24, 2.45) is 4.99 Å². The minimum Gasteiger partial charge on any atom is -0.491 e. The zero-order chi connectivity index (χ0) is 20.6. The van der Waals surface area contributed by atoms with Crippen molar-refractivity contribution in [2.75, 3.05) is 13.6 Å². The first-order valence-electron chi connectivity index (χ1n) is 10.2. The van der Waals surface area contributed by atoms with E-state index in [9.17, 15) is 0 Å². The molecule has 0 fully saturated rings. The molecule has 0 amide bonds. The Hall–Kier alpha value is -3.02. The average molecular weight is 394 g/mol. The standard InChI is InChI=1S/C23H31N5O/c1-17(2)29-20-10-7-9-19(15-20)16-26-23(24-4)25-13-8-14-28-18(3)27-21-11-5-6-12-22(21)28/h5-7,9-12,15,17H,8,13-14,16H2,1-4H3,(H2,24,25,26). The van der Waals surface area contributed by atoms with Gasteiger partial charge >= 0.3 is 0 Å². The maximum atomic E-state index is 5.76. The first-order valence-corrected chi connectivity index (χ1v) is 10.2. The van der Waals surface area contributed by atoms with E-state index in [-0.39, 0.29) is 6.10 Å². The van der Waals surface area contributed by atoms with Gasteiger partial charge in [0.05, 0.1) is 17.1 Å². The number of aromatic nitrogens is 2. The summed E-state index contributed by atoms with van der Waals surface area (Å²) >= 11 is 0. The summed E-state index contributed by atoms with van der Waals surface area (Å²) in [7, 11) is 1.79. The van der Waals surface area contributed by atoms with E-state index in [1.807, 2.05) is 32.0 Å². The van der Waals surface area contributed by atoms with E-state index in [0.29, 0.717) is 6.54 Å². The van der Waals surface area contributed by atoms with Gasteiger partial charge in [-0.25, -0.2) is 4.98 Å². The van der Waals surface area contributed by atoms with Crippen molar-refractivity contribution in [1.29, 1.82) is 0 Å². The van der Waals surface area contributed by atoms with E-state index >= 15 is 0 Å². The number of benzene rings is 2. The number of guanidine groups is 1. The molecule has 3 aromatic rings. The number of nitrogens with one attached hydrogen (secondary N) is 2. The van der Waals surface area contributed by atoms with Gasteiger partial charge in [0, 0.05) is 26.7 Å². The number of hydrogen-bond acceptors (Lipinski definition) is 3. The highest BCUT2D eigenvalue weighted by Gasteiger charge is 2.06. The summed E-state index contributed by atoms with van der Waals surface area (Å²) in [5, 5.41) is 6.76. The minimum absolute atomic E-state index is 0.170. The van der Waals surface area contributed by atoms with Gasteiger partial charge < -0.3 is 19.9 Å². The molecule has 2 N–H and O–H groups in total. The van der Waals surface area contributed by atoms with Gasteiger partial charge in [-0.1, -0.05) is 24.3 Å². The third-order valence-corrected chi connectivity index (χ3v) is 4.65. The van der Waals surface area contributed by atoms with Crippen LogP contribution in [0.2, 0.25) is 0 Å². The van der Waals surface area contributed by atoms with Crippen LogP contribution in [0.15, 0.2) is 53.5 Å². The van der Waals surface area contributed by atoms with Crippen LogP contribution in [0.4, 0.5) is 0 Å². The Kier molecular flexibility index (Phi) is 7.11. The van der Waals surface area contributed by atoms with Gasteiger partial charge in [-0.15, -0.1) is 0 Å². The normalized spacial score (nSPS) is 11.8. The number of nitrogens with zero attached hydrogens (tertiary/aromatic N) is 3. The summed E-state index contributed by atoms with van der Waals surface area (Å²) < 4.78 is 8.03. The Balaban J connectivity index is 1.47. The molecule has 0 aliphatic heterocycles. The molecular weight excluding hydrogens is 362 g/mol. The highest BCUT2D eigenvalue weighted by molar-refractivity contribution is 5.79. The molecule has 2 aromatic carbocycles. The highest BCUT2D eigenvalue weighted by Crippen LogP contribution is 2.16. The number of para-hydroxylation sites is 2. The van der Waals surface area contributed by atoms with Crippen LogP contribution in [-0.2, 0) is 13.1 Å². The van der Waals surface area contributed by atoms with Crippen LogP contribution in [0.3, 0.4) is 0 Å². The second kappa shape index (κ2) is 9.96. The van der Waals surface area contributed by atoms with Gasteiger partial charge in [0.1, 0.15) is 11.6 Å². The fourth-order valence-corrected chi connectivity index (χ4v) is 3.33. The van der Waals surface area contributed by atoms with E-state index < -0.39 is 0 Å². The summed E-state index contributed by atoms with van der Waals surface area (Å²) in [6, 6.07) is 16.4. The molecule has 1 heterocycles. The molecule has 6 heteroatoms. The SMILES string of the molecule is CN=C(NCCCn1c(C)nc2ccccc21)NCc1cccc(OC(C)C)c1. The molecule has 0 atom stereocenters. The summed E-state index contributed by atoms with van der Waals surface area (Å²) in [5.74, 6) is 2.75. The Morgan fingerprint density at radius 3 is 2.76 bits per heavy atom. The third kappa shape index (κ3) is 5.73. The molecule has 6 nitrogen and oxygen atoms in total. The number of fused-ring (bicyclic) bond motifs is 1. The van der Waals surface area contributed by atoms with Crippen molar-refractivity contribution in [2.45, 2.75) is 46.4 Å². The lowest BCUT2D eigenvalue weighted by Crippen LogP contribution is -2.37. The average Bonchev–Trinajstić information content (AvgIpc) is 3.02. The summed E-state index contributed by atoms with van der Waals surface area (Å²) in [6.07, 6.45) is 1.16. The van der Waals surface area contributed by atoms with Crippen LogP contribution in [0.5, 0.6) is 5.75 Å². The largest absolute Gasteiger partial charge is 0.491 e. The molecule has 29 heavy (non-hydrogen) atoms. The van der Waals surface area contributed by atoms with Crippen LogP contribution in [0.1, 0.15) is 31.7 Å². The lowest BCUT2D eigenvalue weighted by Gasteiger charge is -2.14. The molecule has 0 bridgehead atoms. The Morgan fingerprint density at radius 1 is 1.14 bits per heavy atom. The predicted octanol–water partition coefficient (Wildman–Crippen LogP) is 3.89. The van der Waals surface area contributed by atoms with Crippen molar-refractivity contribution in [3.05, 3.63) is 59.9 Å². The Labute approximate surface area is 173 Å². The number of rotatable bonds is 8. The number of aryl methyl sites for hydroxylation is 2. The molecule has 0 aliphatic rings. The molecule has 3 rings (SSSR count). The number of imidazole rings is 1. The van der Waals surface area contributed by atoms with Gasteiger partial charge in [-0.3, -0.25) is 4.99 Å². The molecule has 0 saturated heterocycles. The van der Waals surface area contributed by atoms with Crippen LogP contribution in [0, 0.1) is 6.92 Å². The first-order chi connectivity index (χ1) is 14.1. The number of ether oxygens (including phenoxy) is 1. The van der Waals surface area contributed by atoms with Crippen molar-refractivity contribution < 1.29 is 4.74 Å². The van der Waals surface area contributed by atoms with Gasteiger partial charge in [-0.2, -0.15) is 0 Å². The maximum absolute atomic E-state index is 5.76. The van der Waals surface area contributed by atoms with E-state index in [4.69, 9.17) is 4.74 Å². The quantitative estimate of drug-likeness (QED) is 0.346. The molecular formula is C23H31N5O. The van der Waals surface area contributed by atoms with Gasteiger partial charge in [0.25, 0.3) is 0 Å². The van der Waals surface area contributed by atoms with Crippen molar-refractivity contribution in [3.8, 4) is 5.75 Å². The molecule has 0 saturated carbocycles. The molecule has 0 spiro atoms. The monoisotopic (exact) mass is 393 g/mol. The molecule has 154 valence electrons. The number of aliphatic imine (C=N–C) groups is 1. The lowest BCUT2D eigenvalue weighted by molar-refractivity contribution is 0.242. The van der Waals surface area contributed by atoms with Crippen LogP contribution in [-0.4, -0.2) is 35.2 Å². The van der Waals surface area contributed by atoms with Crippen molar-refractivity contribution in [1.82, 2.24) is 20.2 Å².